The van der Waals surface area contributed by atoms with Crippen molar-refractivity contribution in [3.63, 3.8) is 0 Å². The Kier molecular flexibility index (Phi) is 5.80. The molecule has 0 saturated carbocycles. The number of nitro benzene ring substituents is 2. The molecule has 0 bridgehead atoms. The second-order valence-corrected chi connectivity index (χ2v) is 5.12. The first kappa shape index (κ1) is 17.4. The van der Waals surface area contributed by atoms with E-state index in [1.807, 2.05) is 6.92 Å². The minimum Gasteiger partial charge on any atom is -0.492 e. The first-order valence-electron chi connectivity index (χ1n) is 7.32. The summed E-state index contributed by atoms with van der Waals surface area (Å²) in [5.74, 6) is 0.561. The van der Waals surface area contributed by atoms with Crippen LogP contribution in [-0.4, -0.2) is 23.0 Å². The summed E-state index contributed by atoms with van der Waals surface area (Å²) in [6.07, 6.45) is 0. The molecular weight excluding hydrogens is 314 g/mol. The topological polar surface area (TPSA) is 108 Å². The van der Waals surface area contributed by atoms with Crippen LogP contribution in [-0.2, 0) is 0 Å². The Morgan fingerprint density at radius 1 is 0.958 bits per heavy atom. The highest BCUT2D eigenvalue weighted by Crippen LogP contribution is 2.18. The molecule has 0 unspecified atom stereocenters. The van der Waals surface area contributed by atoms with E-state index >= 15 is 0 Å². The molecule has 126 valence electrons. The number of nitro groups is 2. The zero-order chi connectivity index (χ0) is 17.5. The fourth-order valence-electron chi connectivity index (χ4n) is 2.11. The molecule has 0 spiro atoms. The van der Waals surface area contributed by atoms with Crippen LogP contribution in [0.2, 0.25) is 0 Å². The molecule has 0 saturated heterocycles. The molecule has 0 aliphatic heterocycles. The molecule has 0 heterocycles. The van der Waals surface area contributed by atoms with Crippen molar-refractivity contribution in [1.82, 2.24) is 5.32 Å². The predicted octanol–water partition coefficient (Wildman–Crippen LogP) is 3.23. The minimum absolute atomic E-state index is 0.0197. The van der Waals surface area contributed by atoms with Gasteiger partial charge in [0.2, 0.25) is 0 Å². The Bertz CT molecular complexity index is 701. The van der Waals surface area contributed by atoms with Crippen molar-refractivity contribution in [3.8, 4) is 5.75 Å². The van der Waals surface area contributed by atoms with E-state index in [-0.39, 0.29) is 17.4 Å². The lowest BCUT2D eigenvalue weighted by Gasteiger charge is -2.14. The maximum absolute atomic E-state index is 10.6. The van der Waals surface area contributed by atoms with E-state index in [9.17, 15) is 20.2 Å². The van der Waals surface area contributed by atoms with Gasteiger partial charge in [-0.25, -0.2) is 0 Å². The largest absolute Gasteiger partial charge is 0.492 e. The van der Waals surface area contributed by atoms with Crippen molar-refractivity contribution in [3.05, 3.63) is 74.3 Å². The highest BCUT2D eigenvalue weighted by molar-refractivity contribution is 5.36. The molecule has 1 atom stereocenters. The third-order valence-corrected chi connectivity index (χ3v) is 3.47. The van der Waals surface area contributed by atoms with Crippen LogP contribution in [0.25, 0.3) is 0 Å². The van der Waals surface area contributed by atoms with Crippen LogP contribution < -0.4 is 10.1 Å². The highest BCUT2D eigenvalue weighted by atomic mass is 16.6. The van der Waals surface area contributed by atoms with Gasteiger partial charge in [0.05, 0.1) is 9.85 Å². The van der Waals surface area contributed by atoms with E-state index in [1.165, 1.54) is 24.3 Å². The lowest BCUT2D eigenvalue weighted by Crippen LogP contribution is -2.24. The van der Waals surface area contributed by atoms with E-state index in [0.717, 1.165) is 5.56 Å². The molecule has 0 aromatic heterocycles. The van der Waals surface area contributed by atoms with Crippen LogP contribution in [0.4, 0.5) is 11.4 Å². The summed E-state index contributed by atoms with van der Waals surface area (Å²) in [6.45, 7) is 2.91. The molecule has 8 nitrogen and oxygen atoms in total. The quantitative estimate of drug-likeness (QED) is 0.452. The highest BCUT2D eigenvalue weighted by Gasteiger charge is 2.09. The fraction of sp³-hybridized carbons (Fsp3) is 0.250. The summed E-state index contributed by atoms with van der Waals surface area (Å²) >= 11 is 0. The zero-order valence-corrected chi connectivity index (χ0v) is 13.0. The van der Waals surface area contributed by atoms with Crippen molar-refractivity contribution < 1.29 is 14.6 Å². The van der Waals surface area contributed by atoms with Crippen LogP contribution in [0.15, 0.2) is 48.5 Å². The van der Waals surface area contributed by atoms with Gasteiger partial charge in [-0.3, -0.25) is 20.2 Å². The van der Waals surface area contributed by atoms with E-state index in [1.54, 1.807) is 24.3 Å². The molecule has 0 fully saturated rings. The van der Waals surface area contributed by atoms with Gasteiger partial charge in [0.25, 0.3) is 11.4 Å². The molecule has 0 amide bonds. The Hall–Kier alpha value is -3.00. The molecule has 8 heteroatoms. The maximum atomic E-state index is 10.6. The second kappa shape index (κ2) is 8.02. The van der Waals surface area contributed by atoms with Gasteiger partial charge < -0.3 is 10.1 Å². The molecule has 2 aromatic rings. The second-order valence-electron chi connectivity index (χ2n) is 5.12. The molecule has 0 aliphatic carbocycles. The average molecular weight is 331 g/mol. The van der Waals surface area contributed by atoms with Crippen molar-refractivity contribution in [2.75, 3.05) is 13.2 Å². The van der Waals surface area contributed by atoms with E-state index in [4.69, 9.17) is 4.74 Å². The van der Waals surface area contributed by atoms with Gasteiger partial charge in [-0.1, -0.05) is 12.1 Å². The number of nitrogens with one attached hydrogen (secondary N) is 1. The van der Waals surface area contributed by atoms with Crippen molar-refractivity contribution in [1.29, 1.82) is 0 Å². The Balaban J connectivity index is 1.77. The van der Waals surface area contributed by atoms with Gasteiger partial charge in [-0.05, 0) is 24.6 Å². The third kappa shape index (κ3) is 4.75. The molecule has 0 aliphatic rings. The lowest BCUT2D eigenvalue weighted by molar-refractivity contribution is -0.385. The number of ether oxygens (including phenoxy) is 1. The number of benzene rings is 2. The Labute approximate surface area is 138 Å². The molecule has 24 heavy (non-hydrogen) atoms. The lowest BCUT2D eigenvalue weighted by atomic mass is 10.1. The Morgan fingerprint density at radius 3 is 1.96 bits per heavy atom. The average Bonchev–Trinajstić information content (AvgIpc) is 2.59. The Morgan fingerprint density at radius 2 is 1.46 bits per heavy atom. The summed E-state index contributed by atoms with van der Waals surface area (Å²) in [5.41, 5.74) is 1.02. The van der Waals surface area contributed by atoms with Crippen LogP contribution in [0.1, 0.15) is 18.5 Å². The van der Waals surface area contributed by atoms with E-state index in [0.29, 0.717) is 18.9 Å². The normalized spacial score (nSPS) is 11.7. The van der Waals surface area contributed by atoms with E-state index < -0.39 is 9.85 Å². The third-order valence-electron chi connectivity index (χ3n) is 3.47. The number of nitrogens with zero attached hydrogens (tertiary/aromatic N) is 2. The number of rotatable bonds is 8. The smallest absolute Gasteiger partial charge is 0.269 e. The fourth-order valence-corrected chi connectivity index (χ4v) is 2.11. The summed E-state index contributed by atoms with van der Waals surface area (Å²) in [5, 5.41) is 24.4. The van der Waals surface area contributed by atoms with Gasteiger partial charge >= 0.3 is 0 Å². The summed E-state index contributed by atoms with van der Waals surface area (Å²) in [4.78, 5) is 20.3. The van der Waals surface area contributed by atoms with Gasteiger partial charge in [0.15, 0.2) is 0 Å². The maximum Gasteiger partial charge on any atom is 0.269 e. The zero-order valence-electron chi connectivity index (χ0n) is 13.0. The van der Waals surface area contributed by atoms with Gasteiger partial charge in [0, 0.05) is 36.9 Å². The van der Waals surface area contributed by atoms with Gasteiger partial charge in [-0.15, -0.1) is 0 Å². The molecule has 2 aromatic carbocycles. The monoisotopic (exact) mass is 331 g/mol. The van der Waals surface area contributed by atoms with E-state index in [2.05, 4.69) is 5.32 Å². The first-order valence-corrected chi connectivity index (χ1v) is 7.32. The van der Waals surface area contributed by atoms with Crippen LogP contribution in [0.5, 0.6) is 5.75 Å². The summed E-state index contributed by atoms with van der Waals surface area (Å²) in [7, 11) is 0. The molecule has 0 radical (unpaired) electrons. The minimum atomic E-state index is -0.461. The molecule has 2 rings (SSSR count). The predicted molar refractivity (Wildman–Crippen MR) is 88.1 cm³/mol. The summed E-state index contributed by atoms with van der Waals surface area (Å²) < 4.78 is 5.50. The van der Waals surface area contributed by atoms with Crippen LogP contribution in [0.3, 0.4) is 0 Å². The van der Waals surface area contributed by atoms with Crippen LogP contribution in [0, 0.1) is 20.2 Å². The SMILES string of the molecule is C[C@H](NCCOc1ccc([N+](=O)[O-])cc1)c1ccc([N+](=O)[O-])cc1. The number of non-ortho nitro benzene ring substituents is 2. The van der Waals surface area contributed by atoms with Crippen molar-refractivity contribution in [2.24, 2.45) is 0 Å². The molecular formula is C16H17N3O5. The summed E-state index contributed by atoms with van der Waals surface area (Å²) in [6, 6.07) is 12.3. The van der Waals surface area contributed by atoms with Gasteiger partial charge in [0.1, 0.15) is 12.4 Å². The molecule has 1 N–H and O–H groups in total. The number of hydrogen-bond donors (Lipinski definition) is 1. The number of hydrogen-bond acceptors (Lipinski definition) is 6. The van der Waals surface area contributed by atoms with Crippen molar-refractivity contribution in [2.45, 2.75) is 13.0 Å². The standard InChI is InChI=1S/C16H17N3O5/c1-12(13-2-4-14(5-3-13)18(20)21)17-10-11-24-16-8-6-15(7-9-16)19(22)23/h2-9,12,17H,10-11H2,1H3/t12-/m0/s1. The van der Waals surface area contributed by atoms with Gasteiger partial charge in [-0.2, -0.15) is 0 Å². The van der Waals surface area contributed by atoms with Crippen LogP contribution >= 0.6 is 0 Å². The first-order chi connectivity index (χ1) is 11.5. The van der Waals surface area contributed by atoms with Crippen molar-refractivity contribution >= 4 is 11.4 Å².